The molecule has 5 nitrogen and oxygen atoms in total. The summed E-state index contributed by atoms with van der Waals surface area (Å²) >= 11 is 0. The maximum atomic E-state index is 12.0. The van der Waals surface area contributed by atoms with Crippen LogP contribution in [0.3, 0.4) is 0 Å². The van der Waals surface area contributed by atoms with Crippen molar-refractivity contribution >= 4 is 17.5 Å². The predicted molar refractivity (Wildman–Crippen MR) is 78.6 cm³/mol. The molecule has 1 aromatic carbocycles. The smallest absolute Gasteiger partial charge is 0.251 e. The van der Waals surface area contributed by atoms with E-state index in [1.807, 2.05) is 6.92 Å². The molecule has 0 aromatic heterocycles. The molecule has 0 aliphatic carbocycles. The topological polar surface area (TPSA) is 78.4 Å². The minimum Gasteiger partial charge on any atom is -0.396 e. The summed E-state index contributed by atoms with van der Waals surface area (Å²) in [6, 6.07) is 6.81. The summed E-state index contributed by atoms with van der Waals surface area (Å²) in [4.78, 5) is 23.0. The Morgan fingerprint density at radius 3 is 2.70 bits per heavy atom. The minimum atomic E-state index is -0.173. The van der Waals surface area contributed by atoms with Crippen LogP contribution in [0.5, 0.6) is 0 Å². The Morgan fingerprint density at radius 2 is 2.10 bits per heavy atom. The van der Waals surface area contributed by atoms with Crippen LogP contribution in [0, 0.1) is 5.92 Å². The van der Waals surface area contributed by atoms with Gasteiger partial charge in [0.25, 0.3) is 5.91 Å². The maximum absolute atomic E-state index is 12.0. The largest absolute Gasteiger partial charge is 0.396 e. The van der Waals surface area contributed by atoms with Crippen molar-refractivity contribution in [3.63, 3.8) is 0 Å². The lowest BCUT2D eigenvalue weighted by Crippen LogP contribution is -2.29. The molecular weight excluding hydrogens is 256 g/mol. The zero-order valence-corrected chi connectivity index (χ0v) is 12.0. The average molecular weight is 278 g/mol. The molecule has 0 saturated carbocycles. The number of amides is 2. The van der Waals surface area contributed by atoms with Crippen LogP contribution in [-0.2, 0) is 4.79 Å². The molecule has 1 unspecified atom stereocenters. The van der Waals surface area contributed by atoms with E-state index in [2.05, 4.69) is 10.6 Å². The number of hydrogen-bond acceptors (Lipinski definition) is 3. The highest BCUT2D eigenvalue weighted by Crippen LogP contribution is 2.11. The van der Waals surface area contributed by atoms with Crippen LogP contribution in [0.2, 0.25) is 0 Å². The van der Waals surface area contributed by atoms with E-state index in [4.69, 9.17) is 5.11 Å². The summed E-state index contributed by atoms with van der Waals surface area (Å²) in [6.45, 7) is 4.13. The van der Waals surface area contributed by atoms with Gasteiger partial charge in [0.05, 0.1) is 0 Å². The van der Waals surface area contributed by atoms with Gasteiger partial charge in [0, 0.05) is 31.3 Å². The molecule has 5 heteroatoms. The quantitative estimate of drug-likeness (QED) is 0.711. The van der Waals surface area contributed by atoms with E-state index in [0.717, 1.165) is 6.42 Å². The number of hydrogen-bond donors (Lipinski definition) is 3. The lowest BCUT2D eigenvalue weighted by molar-refractivity contribution is -0.114. The van der Waals surface area contributed by atoms with Gasteiger partial charge >= 0.3 is 0 Å². The SMILES string of the molecule is CCC(CCO)CNC(=O)c1cccc(NC(C)=O)c1. The number of aliphatic hydroxyl groups is 1. The van der Waals surface area contributed by atoms with Crippen molar-refractivity contribution in [2.45, 2.75) is 26.7 Å². The van der Waals surface area contributed by atoms with E-state index in [-0.39, 0.29) is 24.3 Å². The summed E-state index contributed by atoms with van der Waals surface area (Å²) in [5, 5.41) is 14.4. The zero-order valence-electron chi connectivity index (χ0n) is 12.0. The van der Waals surface area contributed by atoms with Gasteiger partial charge in [-0.25, -0.2) is 0 Å². The Kier molecular flexibility index (Phi) is 6.73. The second-order valence-electron chi connectivity index (χ2n) is 4.76. The Hall–Kier alpha value is -1.88. The molecule has 0 saturated heterocycles. The summed E-state index contributed by atoms with van der Waals surface area (Å²) in [5.74, 6) is -0.0624. The molecule has 0 heterocycles. The minimum absolute atomic E-state index is 0.131. The summed E-state index contributed by atoms with van der Waals surface area (Å²) in [7, 11) is 0. The van der Waals surface area contributed by atoms with Crippen molar-refractivity contribution in [1.82, 2.24) is 5.32 Å². The third-order valence-corrected chi connectivity index (χ3v) is 3.11. The second kappa shape index (κ2) is 8.32. The molecule has 110 valence electrons. The van der Waals surface area contributed by atoms with E-state index in [1.165, 1.54) is 6.92 Å². The number of aliphatic hydroxyl groups excluding tert-OH is 1. The first-order valence-corrected chi connectivity index (χ1v) is 6.83. The van der Waals surface area contributed by atoms with E-state index in [9.17, 15) is 9.59 Å². The monoisotopic (exact) mass is 278 g/mol. The number of carbonyl (C=O) groups is 2. The van der Waals surface area contributed by atoms with E-state index >= 15 is 0 Å². The molecule has 0 radical (unpaired) electrons. The van der Waals surface area contributed by atoms with Gasteiger partial charge in [0.1, 0.15) is 0 Å². The van der Waals surface area contributed by atoms with Gasteiger partial charge in [-0.15, -0.1) is 0 Å². The first kappa shape index (κ1) is 16.2. The van der Waals surface area contributed by atoms with Crippen LogP contribution in [0.1, 0.15) is 37.0 Å². The lowest BCUT2D eigenvalue weighted by Gasteiger charge is -2.14. The van der Waals surface area contributed by atoms with Gasteiger partial charge in [-0.05, 0) is 30.5 Å². The first-order valence-electron chi connectivity index (χ1n) is 6.83. The van der Waals surface area contributed by atoms with Crippen LogP contribution >= 0.6 is 0 Å². The predicted octanol–water partition coefficient (Wildman–Crippen LogP) is 1.78. The molecular formula is C15H22N2O3. The summed E-state index contributed by atoms with van der Waals surface area (Å²) < 4.78 is 0. The fourth-order valence-electron chi connectivity index (χ4n) is 1.91. The molecule has 1 atom stereocenters. The van der Waals surface area contributed by atoms with E-state index in [1.54, 1.807) is 24.3 Å². The first-order chi connectivity index (χ1) is 9.56. The Morgan fingerprint density at radius 1 is 1.35 bits per heavy atom. The summed E-state index contributed by atoms with van der Waals surface area (Å²) in [6.07, 6.45) is 1.59. The number of carbonyl (C=O) groups excluding carboxylic acids is 2. The van der Waals surface area contributed by atoms with Gasteiger partial charge in [-0.1, -0.05) is 19.4 Å². The van der Waals surface area contributed by atoms with Crippen molar-refractivity contribution in [3.05, 3.63) is 29.8 Å². The van der Waals surface area contributed by atoms with Crippen LogP contribution < -0.4 is 10.6 Å². The average Bonchev–Trinajstić information content (AvgIpc) is 2.42. The van der Waals surface area contributed by atoms with Crippen molar-refractivity contribution in [3.8, 4) is 0 Å². The van der Waals surface area contributed by atoms with Gasteiger partial charge in [-0.2, -0.15) is 0 Å². The van der Waals surface area contributed by atoms with Crippen molar-refractivity contribution in [2.24, 2.45) is 5.92 Å². The van der Waals surface area contributed by atoms with Crippen molar-refractivity contribution in [1.29, 1.82) is 0 Å². The normalized spacial score (nSPS) is 11.8. The molecule has 1 aromatic rings. The highest BCUT2D eigenvalue weighted by atomic mass is 16.3. The molecule has 3 N–H and O–H groups in total. The van der Waals surface area contributed by atoms with Gasteiger partial charge in [0.15, 0.2) is 0 Å². The molecule has 0 spiro atoms. The molecule has 2 amide bonds. The molecule has 20 heavy (non-hydrogen) atoms. The number of nitrogens with one attached hydrogen (secondary N) is 2. The fourth-order valence-corrected chi connectivity index (χ4v) is 1.91. The highest BCUT2D eigenvalue weighted by Gasteiger charge is 2.10. The molecule has 1 rings (SSSR count). The third kappa shape index (κ3) is 5.40. The van der Waals surface area contributed by atoms with Crippen LogP contribution in [0.25, 0.3) is 0 Å². The third-order valence-electron chi connectivity index (χ3n) is 3.11. The second-order valence-corrected chi connectivity index (χ2v) is 4.76. The summed E-state index contributed by atoms with van der Waals surface area (Å²) in [5.41, 5.74) is 1.11. The van der Waals surface area contributed by atoms with Crippen molar-refractivity contribution in [2.75, 3.05) is 18.5 Å². The van der Waals surface area contributed by atoms with Crippen LogP contribution in [0.15, 0.2) is 24.3 Å². The van der Waals surface area contributed by atoms with Gasteiger partial charge in [-0.3, -0.25) is 9.59 Å². The number of benzene rings is 1. The molecule has 0 fully saturated rings. The Balaban J connectivity index is 2.60. The Bertz CT molecular complexity index is 460. The molecule has 0 bridgehead atoms. The van der Waals surface area contributed by atoms with E-state index < -0.39 is 0 Å². The highest BCUT2D eigenvalue weighted by molar-refractivity contribution is 5.96. The molecule has 0 aliphatic heterocycles. The fraction of sp³-hybridized carbons (Fsp3) is 0.467. The number of anilines is 1. The lowest BCUT2D eigenvalue weighted by atomic mass is 10.0. The zero-order chi connectivity index (χ0) is 15.0. The Labute approximate surface area is 119 Å². The van der Waals surface area contributed by atoms with Crippen LogP contribution in [0.4, 0.5) is 5.69 Å². The van der Waals surface area contributed by atoms with Gasteiger partial charge < -0.3 is 15.7 Å². The maximum Gasteiger partial charge on any atom is 0.251 e. The number of rotatable bonds is 7. The standard InChI is InChI=1S/C15H22N2O3/c1-3-12(7-8-18)10-16-15(20)13-5-4-6-14(9-13)17-11(2)19/h4-6,9,12,18H,3,7-8,10H2,1-2H3,(H,16,20)(H,17,19). The van der Waals surface area contributed by atoms with Crippen molar-refractivity contribution < 1.29 is 14.7 Å². The van der Waals surface area contributed by atoms with E-state index in [0.29, 0.717) is 24.2 Å². The van der Waals surface area contributed by atoms with Gasteiger partial charge in [0.2, 0.25) is 5.91 Å². The van der Waals surface area contributed by atoms with Crippen LogP contribution in [-0.4, -0.2) is 30.1 Å². The molecule has 0 aliphatic rings.